The number of nitrogens with zero attached hydrogens (tertiary/aromatic N) is 2. The Morgan fingerprint density at radius 2 is 2.15 bits per heavy atom. The fraction of sp³-hybridized carbons (Fsp3) is 0.400. The second kappa shape index (κ2) is 3.07. The highest BCUT2D eigenvalue weighted by Gasteiger charge is 2.08. The average Bonchev–Trinajstić information content (AvgIpc) is 2.47. The Kier molecular flexibility index (Phi) is 2.04. The summed E-state index contributed by atoms with van der Waals surface area (Å²) in [6, 6.07) is 2.12. The summed E-state index contributed by atoms with van der Waals surface area (Å²) >= 11 is 1.51. The Morgan fingerprint density at radius 1 is 1.38 bits per heavy atom. The molecular weight excluding hydrogens is 180 g/mol. The van der Waals surface area contributed by atoms with Crippen LogP contribution in [0.15, 0.2) is 6.07 Å². The second-order valence-electron chi connectivity index (χ2n) is 3.24. The van der Waals surface area contributed by atoms with Gasteiger partial charge in [-0.1, -0.05) is 6.92 Å². The van der Waals surface area contributed by atoms with E-state index in [0.29, 0.717) is 0 Å². The summed E-state index contributed by atoms with van der Waals surface area (Å²) in [5, 5.41) is 1.26. The van der Waals surface area contributed by atoms with E-state index in [1.165, 1.54) is 28.2 Å². The molecule has 13 heavy (non-hydrogen) atoms. The summed E-state index contributed by atoms with van der Waals surface area (Å²) in [5.41, 5.74) is 3.56. The zero-order valence-corrected chi connectivity index (χ0v) is 8.90. The molecule has 2 heterocycles. The molecule has 0 spiro atoms. The number of rotatable bonds is 1. The molecule has 0 bridgehead atoms. The minimum atomic E-state index is 0.992. The van der Waals surface area contributed by atoms with Gasteiger partial charge in [-0.3, -0.25) is 0 Å². The SMILES string of the molecule is CCc1nsc2nc(C)cc(C)c12. The molecule has 0 fully saturated rings. The first kappa shape index (κ1) is 8.63. The van der Waals surface area contributed by atoms with Crippen LogP contribution in [0.25, 0.3) is 10.2 Å². The van der Waals surface area contributed by atoms with Crippen molar-refractivity contribution in [3.63, 3.8) is 0 Å². The van der Waals surface area contributed by atoms with Crippen LogP contribution in [-0.2, 0) is 6.42 Å². The molecule has 0 aliphatic carbocycles. The van der Waals surface area contributed by atoms with E-state index in [9.17, 15) is 0 Å². The van der Waals surface area contributed by atoms with Gasteiger partial charge in [0.25, 0.3) is 0 Å². The normalized spacial score (nSPS) is 11.0. The largest absolute Gasteiger partial charge is 0.241 e. The van der Waals surface area contributed by atoms with Gasteiger partial charge in [-0.25, -0.2) is 4.98 Å². The third-order valence-electron chi connectivity index (χ3n) is 2.18. The smallest absolute Gasteiger partial charge is 0.144 e. The molecule has 0 aliphatic heterocycles. The first-order valence-electron chi connectivity index (χ1n) is 4.45. The van der Waals surface area contributed by atoms with Crippen LogP contribution in [0, 0.1) is 13.8 Å². The molecule has 0 amide bonds. The van der Waals surface area contributed by atoms with Crippen LogP contribution in [0.2, 0.25) is 0 Å². The minimum absolute atomic E-state index is 0.992. The van der Waals surface area contributed by atoms with Crippen LogP contribution < -0.4 is 0 Å². The molecule has 0 aliphatic rings. The van der Waals surface area contributed by atoms with Gasteiger partial charge >= 0.3 is 0 Å². The fourth-order valence-corrected chi connectivity index (χ4v) is 2.58. The van der Waals surface area contributed by atoms with Crippen molar-refractivity contribution in [2.45, 2.75) is 27.2 Å². The van der Waals surface area contributed by atoms with E-state index in [1.807, 2.05) is 6.92 Å². The van der Waals surface area contributed by atoms with Gasteiger partial charge in [-0.2, -0.15) is 4.37 Å². The highest BCUT2D eigenvalue weighted by molar-refractivity contribution is 7.13. The van der Waals surface area contributed by atoms with Gasteiger partial charge in [-0.15, -0.1) is 0 Å². The Bertz CT molecular complexity index is 445. The van der Waals surface area contributed by atoms with Crippen molar-refractivity contribution in [2.75, 3.05) is 0 Å². The van der Waals surface area contributed by atoms with Crippen LogP contribution in [0.4, 0.5) is 0 Å². The van der Waals surface area contributed by atoms with Crippen LogP contribution in [0.3, 0.4) is 0 Å². The van der Waals surface area contributed by atoms with Crippen molar-refractivity contribution in [2.24, 2.45) is 0 Å². The molecule has 0 N–H and O–H groups in total. The van der Waals surface area contributed by atoms with Gasteiger partial charge in [-0.05, 0) is 43.4 Å². The summed E-state index contributed by atoms with van der Waals surface area (Å²) in [6.45, 7) is 6.29. The van der Waals surface area contributed by atoms with Crippen molar-refractivity contribution in [1.82, 2.24) is 9.36 Å². The molecule has 0 radical (unpaired) electrons. The lowest BCUT2D eigenvalue weighted by molar-refractivity contribution is 1.10. The molecular formula is C10H12N2S. The summed E-state index contributed by atoms with van der Waals surface area (Å²) < 4.78 is 4.39. The number of pyridine rings is 1. The van der Waals surface area contributed by atoms with Gasteiger partial charge in [0.15, 0.2) is 0 Å². The van der Waals surface area contributed by atoms with Crippen molar-refractivity contribution >= 4 is 21.7 Å². The number of hydrogen-bond acceptors (Lipinski definition) is 3. The third-order valence-corrected chi connectivity index (χ3v) is 2.96. The predicted octanol–water partition coefficient (Wildman–Crippen LogP) is 2.87. The molecule has 2 aromatic rings. The van der Waals surface area contributed by atoms with Crippen molar-refractivity contribution < 1.29 is 0 Å². The highest BCUT2D eigenvalue weighted by Crippen LogP contribution is 2.25. The summed E-state index contributed by atoms with van der Waals surface area (Å²) in [6.07, 6.45) is 0.992. The van der Waals surface area contributed by atoms with Crippen molar-refractivity contribution in [1.29, 1.82) is 0 Å². The molecule has 0 atom stereocenters. The van der Waals surface area contributed by atoms with Crippen LogP contribution >= 0.6 is 11.5 Å². The maximum atomic E-state index is 4.46. The van der Waals surface area contributed by atoms with Crippen molar-refractivity contribution in [3.05, 3.63) is 23.0 Å². The fourth-order valence-electron chi connectivity index (χ4n) is 1.60. The van der Waals surface area contributed by atoms with E-state index in [0.717, 1.165) is 16.9 Å². The van der Waals surface area contributed by atoms with Gasteiger partial charge in [0.2, 0.25) is 0 Å². The van der Waals surface area contributed by atoms with Gasteiger partial charge in [0.05, 0.1) is 5.69 Å². The molecule has 68 valence electrons. The number of hydrogen-bond donors (Lipinski definition) is 0. The lowest BCUT2D eigenvalue weighted by atomic mass is 10.1. The topological polar surface area (TPSA) is 25.8 Å². The van der Waals surface area contributed by atoms with Gasteiger partial charge in [0.1, 0.15) is 4.83 Å². The third kappa shape index (κ3) is 1.33. The predicted molar refractivity (Wildman–Crippen MR) is 56.3 cm³/mol. The molecule has 3 heteroatoms. The van der Waals surface area contributed by atoms with Gasteiger partial charge < -0.3 is 0 Å². The Hall–Kier alpha value is -0.960. The molecule has 0 saturated carbocycles. The average molecular weight is 192 g/mol. The minimum Gasteiger partial charge on any atom is -0.241 e. The van der Waals surface area contributed by atoms with E-state index in [2.05, 4.69) is 29.3 Å². The quantitative estimate of drug-likeness (QED) is 0.694. The molecule has 2 rings (SSSR count). The van der Waals surface area contributed by atoms with Crippen LogP contribution in [0.1, 0.15) is 23.9 Å². The van der Waals surface area contributed by atoms with E-state index >= 15 is 0 Å². The lowest BCUT2D eigenvalue weighted by Crippen LogP contribution is -1.86. The number of aromatic nitrogens is 2. The maximum absolute atomic E-state index is 4.46. The first-order chi connectivity index (χ1) is 6.22. The number of aryl methyl sites for hydroxylation is 3. The van der Waals surface area contributed by atoms with E-state index in [4.69, 9.17) is 0 Å². The molecule has 2 nitrogen and oxygen atoms in total. The molecule has 0 unspecified atom stereocenters. The van der Waals surface area contributed by atoms with Gasteiger partial charge in [0, 0.05) is 11.1 Å². The Labute approximate surface area is 81.8 Å². The summed E-state index contributed by atoms with van der Waals surface area (Å²) in [5.74, 6) is 0. The summed E-state index contributed by atoms with van der Waals surface area (Å²) in [7, 11) is 0. The maximum Gasteiger partial charge on any atom is 0.144 e. The Morgan fingerprint density at radius 3 is 2.85 bits per heavy atom. The van der Waals surface area contributed by atoms with E-state index < -0.39 is 0 Å². The Balaban J connectivity index is 2.82. The molecule has 0 aromatic carbocycles. The van der Waals surface area contributed by atoms with Crippen LogP contribution in [0.5, 0.6) is 0 Å². The first-order valence-corrected chi connectivity index (χ1v) is 5.22. The van der Waals surface area contributed by atoms with Crippen LogP contribution in [-0.4, -0.2) is 9.36 Å². The second-order valence-corrected chi connectivity index (χ2v) is 4.00. The van der Waals surface area contributed by atoms with Crippen molar-refractivity contribution in [3.8, 4) is 0 Å². The number of fused-ring (bicyclic) bond motifs is 1. The zero-order chi connectivity index (χ0) is 9.42. The zero-order valence-electron chi connectivity index (χ0n) is 8.09. The standard InChI is InChI=1S/C10H12N2S/c1-4-8-9-6(2)5-7(3)11-10(9)13-12-8/h5H,4H2,1-3H3. The summed E-state index contributed by atoms with van der Waals surface area (Å²) in [4.78, 5) is 5.54. The monoisotopic (exact) mass is 192 g/mol. The highest BCUT2D eigenvalue weighted by atomic mass is 32.1. The van der Waals surface area contributed by atoms with E-state index in [1.54, 1.807) is 0 Å². The molecule has 2 aromatic heterocycles. The van der Waals surface area contributed by atoms with E-state index in [-0.39, 0.29) is 0 Å². The lowest BCUT2D eigenvalue weighted by Gasteiger charge is -1.98. The molecule has 0 saturated heterocycles.